The third-order valence-electron chi connectivity index (χ3n) is 1.98. The van der Waals surface area contributed by atoms with Crippen molar-refractivity contribution in [2.24, 2.45) is 11.7 Å². The molecule has 0 aliphatic carbocycles. The molecule has 0 saturated carbocycles. The fraction of sp³-hybridized carbons (Fsp3) is 0.556. The van der Waals surface area contributed by atoms with Crippen molar-refractivity contribution in [2.45, 2.75) is 26.0 Å². The van der Waals surface area contributed by atoms with Crippen molar-refractivity contribution in [3.8, 4) is 0 Å². The van der Waals surface area contributed by atoms with Gasteiger partial charge in [0.2, 0.25) is 0 Å². The molecule has 0 radical (unpaired) electrons. The minimum absolute atomic E-state index is 0.162. The average Bonchev–Trinajstić information content (AvgIpc) is 2.53. The molecule has 3 nitrogen and oxygen atoms in total. The molecule has 0 aromatic carbocycles. The van der Waals surface area contributed by atoms with E-state index < -0.39 is 6.10 Å². The Morgan fingerprint density at radius 3 is 2.58 bits per heavy atom. The van der Waals surface area contributed by atoms with Crippen molar-refractivity contribution in [1.29, 1.82) is 0 Å². The molecule has 3 heteroatoms. The van der Waals surface area contributed by atoms with Crippen molar-refractivity contribution < 1.29 is 9.52 Å². The van der Waals surface area contributed by atoms with Crippen molar-refractivity contribution in [3.63, 3.8) is 0 Å². The van der Waals surface area contributed by atoms with Gasteiger partial charge >= 0.3 is 0 Å². The minimum atomic E-state index is -0.511. The first-order valence-corrected chi connectivity index (χ1v) is 4.08. The standard InChI is InChI=1S/C9H15NO2/c1-6(2)9(11)8(10)7-3-4-12-5-7/h3-6,8-9,11H,10H2,1-2H3/t8-,9+/m0/s1. The zero-order valence-corrected chi connectivity index (χ0v) is 7.40. The van der Waals surface area contributed by atoms with Crippen LogP contribution in [-0.2, 0) is 0 Å². The van der Waals surface area contributed by atoms with Crippen LogP contribution in [-0.4, -0.2) is 11.2 Å². The van der Waals surface area contributed by atoms with Gasteiger partial charge in [-0.15, -0.1) is 0 Å². The van der Waals surface area contributed by atoms with Crippen molar-refractivity contribution in [3.05, 3.63) is 24.2 Å². The first-order valence-electron chi connectivity index (χ1n) is 4.08. The molecule has 3 N–H and O–H groups in total. The Kier molecular flexibility index (Phi) is 2.89. The normalized spacial score (nSPS) is 16.4. The number of aliphatic hydroxyl groups excluding tert-OH is 1. The van der Waals surface area contributed by atoms with Gasteiger partial charge in [-0.05, 0) is 12.0 Å². The molecule has 1 rings (SSSR count). The molecule has 0 unspecified atom stereocenters. The lowest BCUT2D eigenvalue weighted by molar-refractivity contribution is 0.0977. The first kappa shape index (κ1) is 9.29. The second-order valence-electron chi connectivity index (χ2n) is 3.32. The second kappa shape index (κ2) is 3.74. The van der Waals surface area contributed by atoms with Crippen LogP contribution in [0.25, 0.3) is 0 Å². The highest BCUT2D eigenvalue weighted by Crippen LogP contribution is 2.19. The third-order valence-corrected chi connectivity index (χ3v) is 1.98. The van der Waals surface area contributed by atoms with Crippen LogP contribution in [0, 0.1) is 5.92 Å². The van der Waals surface area contributed by atoms with E-state index in [1.54, 1.807) is 18.6 Å². The van der Waals surface area contributed by atoms with Gasteiger partial charge < -0.3 is 15.3 Å². The van der Waals surface area contributed by atoms with E-state index in [0.29, 0.717) is 0 Å². The van der Waals surface area contributed by atoms with Crippen molar-refractivity contribution in [2.75, 3.05) is 0 Å². The Labute approximate surface area is 72.2 Å². The van der Waals surface area contributed by atoms with E-state index in [2.05, 4.69) is 0 Å². The Bertz CT molecular complexity index is 218. The predicted molar refractivity (Wildman–Crippen MR) is 46.5 cm³/mol. The van der Waals surface area contributed by atoms with E-state index in [9.17, 15) is 5.11 Å². The summed E-state index contributed by atoms with van der Waals surface area (Å²) in [5, 5.41) is 9.60. The summed E-state index contributed by atoms with van der Waals surface area (Å²) >= 11 is 0. The fourth-order valence-corrected chi connectivity index (χ4v) is 1.08. The topological polar surface area (TPSA) is 59.4 Å². The molecule has 1 heterocycles. The molecule has 1 aromatic rings. The molecule has 0 spiro atoms. The summed E-state index contributed by atoms with van der Waals surface area (Å²) in [6, 6.07) is 1.43. The second-order valence-corrected chi connectivity index (χ2v) is 3.32. The summed E-state index contributed by atoms with van der Waals surface area (Å²) < 4.78 is 4.87. The number of furan rings is 1. The molecule has 0 fully saturated rings. The van der Waals surface area contributed by atoms with Gasteiger partial charge in [-0.3, -0.25) is 0 Å². The highest BCUT2D eigenvalue weighted by Gasteiger charge is 2.20. The summed E-state index contributed by atoms with van der Waals surface area (Å²) in [5.74, 6) is 0.162. The van der Waals surface area contributed by atoms with Crippen LogP contribution in [0.15, 0.2) is 23.0 Å². The molecule has 0 aliphatic rings. The zero-order valence-electron chi connectivity index (χ0n) is 7.40. The summed E-state index contributed by atoms with van der Waals surface area (Å²) in [6.07, 6.45) is 2.61. The van der Waals surface area contributed by atoms with E-state index in [-0.39, 0.29) is 12.0 Å². The Balaban J connectivity index is 2.65. The van der Waals surface area contributed by atoms with Crippen LogP contribution in [0.1, 0.15) is 25.5 Å². The van der Waals surface area contributed by atoms with Gasteiger partial charge in [0.05, 0.1) is 24.7 Å². The molecule has 68 valence electrons. The van der Waals surface area contributed by atoms with E-state index in [4.69, 9.17) is 10.2 Å². The lowest BCUT2D eigenvalue weighted by Gasteiger charge is -2.20. The molecule has 12 heavy (non-hydrogen) atoms. The molecule has 0 amide bonds. The number of aliphatic hydroxyl groups is 1. The van der Waals surface area contributed by atoms with Gasteiger partial charge in [-0.25, -0.2) is 0 Å². The summed E-state index contributed by atoms with van der Waals surface area (Å²) in [4.78, 5) is 0. The van der Waals surface area contributed by atoms with Gasteiger partial charge in [0.1, 0.15) is 0 Å². The number of hydrogen-bond acceptors (Lipinski definition) is 3. The average molecular weight is 169 g/mol. The summed E-state index contributed by atoms with van der Waals surface area (Å²) in [7, 11) is 0. The van der Waals surface area contributed by atoms with Gasteiger partial charge in [0.25, 0.3) is 0 Å². The SMILES string of the molecule is CC(C)[C@@H](O)[C@@H](N)c1ccoc1. The Hall–Kier alpha value is -0.800. The Morgan fingerprint density at radius 2 is 2.17 bits per heavy atom. The molecule has 1 aromatic heterocycles. The molecule has 2 atom stereocenters. The van der Waals surface area contributed by atoms with Gasteiger partial charge in [-0.2, -0.15) is 0 Å². The maximum atomic E-state index is 9.60. The predicted octanol–water partition coefficient (Wildman–Crippen LogP) is 1.30. The maximum absolute atomic E-state index is 9.60. The molecular weight excluding hydrogens is 154 g/mol. The maximum Gasteiger partial charge on any atom is 0.0951 e. The highest BCUT2D eigenvalue weighted by atomic mass is 16.3. The van der Waals surface area contributed by atoms with Gasteiger partial charge in [-0.1, -0.05) is 13.8 Å². The van der Waals surface area contributed by atoms with E-state index in [0.717, 1.165) is 5.56 Å². The van der Waals surface area contributed by atoms with Gasteiger partial charge in [0, 0.05) is 5.56 Å². The zero-order chi connectivity index (χ0) is 9.14. The minimum Gasteiger partial charge on any atom is -0.472 e. The number of rotatable bonds is 3. The van der Waals surface area contributed by atoms with E-state index >= 15 is 0 Å². The third kappa shape index (κ3) is 1.87. The van der Waals surface area contributed by atoms with Crippen LogP contribution in [0.4, 0.5) is 0 Å². The van der Waals surface area contributed by atoms with Crippen LogP contribution >= 0.6 is 0 Å². The number of hydrogen-bond donors (Lipinski definition) is 2. The summed E-state index contributed by atoms with van der Waals surface area (Å²) in [5.41, 5.74) is 6.62. The quantitative estimate of drug-likeness (QED) is 0.717. The van der Waals surface area contributed by atoms with E-state index in [1.807, 2.05) is 13.8 Å². The lowest BCUT2D eigenvalue weighted by atomic mass is 9.96. The molecule has 0 saturated heterocycles. The van der Waals surface area contributed by atoms with Crippen LogP contribution in [0.3, 0.4) is 0 Å². The largest absolute Gasteiger partial charge is 0.472 e. The summed E-state index contributed by atoms with van der Waals surface area (Å²) in [6.45, 7) is 3.87. The monoisotopic (exact) mass is 169 g/mol. The molecular formula is C9H15NO2. The van der Waals surface area contributed by atoms with Crippen molar-refractivity contribution >= 4 is 0 Å². The molecule has 0 bridgehead atoms. The number of nitrogens with two attached hydrogens (primary N) is 1. The smallest absolute Gasteiger partial charge is 0.0951 e. The van der Waals surface area contributed by atoms with Gasteiger partial charge in [0.15, 0.2) is 0 Å². The van der Waals surface area contributed by atoms with Crippen LogP contribution in [0.2, 0.25) is 0 Å². The highest BCUT2D eigenvalue weighted by molar-refractivity contribution is 5.12. The van der Waals surface area contributed by atoms with Crippen LogP contribution in [0.5, 0.6) is 0 Å². The van der Waals surface area contributed by atoms with Crippen LogP contribution < -0.4 is 5.73 Å². The van der Waals surface area contributed by atoms with E-state index in [1.165, 1.54) is 0 Å². The Morgan fingerprint density at radius 1 is 1.50 bits per heavy atom. The fourth-order valence-electron chi connectivity index (χ4n) is 1.08. The lowest BCUT2D eigenvalue weighted by Crippen LogP contribution is -2.30. The molecule has 0 aliphatic heterocycles. The first-order chi connectivity index (χ1) is 5.63. The van der Waals surface area contributed by atoms with Crippen molar-refractivity contribution in [1.82, 2.24) is 0 Å².